The Balaban J connectivity index is 1.91. The SMILES string of the molecule is CCc1ncc(CN2CC[C@H](CO)C[C@@H]2C)s1. The average molecular weight is 254 g/mol. The van der Waals surface area contributed by atoms with Gasteiger partial charge in [0, 0.05) is 30.3 Å². The largest absolute Gasteiger partial charge is 0.396 e. The first-order valence-corrected chi connectivity index (χ1v) is 7.33. The Bertz CT molecular complexity index is 353. The number of nitrogens with zero attached hydrogens (tertiary/aromatic N) is 2. The molecule has 3 nitrogen and oxygen atoms in total. The van der Waals surface area contributed by atoms with Gasteiger partial charge in [-0.15, -0.1) is 11.3 Å². The van der Waals surface area contributed by atoms with Crippen molar-refractivity contribution in [2.75, 3.05) is 13.2 Å². The van der Waals surface area contributed by atoms with E-state index in [1.807, 2.05) is 17.5 Å². The van der Waals surface area contributed by atoms with E-state index in [0.29, 0.717) is 18.6 Å². The molecule has 17 heavy (non-hydrogen) atoms. The van der Waals surface area contributed by atoms with E-state index in [2.05, 4.69) is 23.7 Å². The first kappa shape index (κ1) is 13.0. The standard InChI is InChI=1S/C13H22N2OS/c1-3-13-14-7-12(17-13)8-15-5-4-11(9-16)6-10(15)2/h7,10-11,16H,3-6,8-9H2,1-2H3/t10-,11-/m0/s1. The topological polar surface area (TPSA) is 36.4 Å². The van der Waals surface area contributed by atoms with E-state index in [4.69, 9.17) is 0 Å². The number of hydrogen-bond acceptors (Lipinski definition) is 4. The molecule has 0 radical (unpaired) electrons. The van der Waals surface area contributed by atoms with Crippen molar-refractivity contribution in [2.45, 2.75) is 45.7 Å². The van der Waals surface area contributed by atoms with Gasteiger partial charge in [-0.25, -0.2) is 4.98 Å². The van der Waals surface area contributed by atoms with Crippen LogP contribution in [0.3, 0.4) is 0 Å². The molecule has 1 aromatic heterocycles. The van der Waals surface area contributed by atoms with Gasteiger partial charge in [0.25, 0.3) is 0 Å². The lowest BCUT2D eigenvalue weighted by atomic mass is 9.92. The molecule has 96 valence electrons. The van der Waals surface area contributed by atoms with Gasteiger partial charge in [0.1, 0.15) is 0 Å². The third-order valence-corrected chi connectivity index (χ3v) is 4.77. The molecule has 1 aliphatic rings. The Hall–Kier alpha value is -0.450. The van der Waals surface area contributed by atoms with Crippen LogP contribution in [0, 0.1) is 5.92 Å². The van der Waals surface area contributed by atoms with E-state index in [9.17, 15) is 5.11 Å². The summed E-state index contributed by atoms with van der Waals surface area (Å²) in [5.74, 6) is 0.508. The molecular formula is C13H22N2OS. The Morgan fingerprint density at radius 1 is 1.59 bits per heavy atom. The number of thiazole rings is 1. The summed E-state index contributed by atoms with van der Waals surface area (Å²) in [6.07, 6.45) is 5.30. The molecule has 2 rings (SSSR count). The summed E-state index contributed by atoms with van der Waals surface area (Å²) in [6, 6.07) is 0.577. The molecule has 0 spiro atoms. The second-order valence-corrected chi connectivity index (χ2v) is 6.17. The van der Waals surface area contributed by atoms with Gasteiger partial charge in [-0.1, -0.05) is 6.92 Å². The minimum atomic E-state index is 0.346. The molecule has 1 aromatic rings. The van der Waals surface area contributed by atoms with E-state index in [1.54, 1.807) is 0 Å². The van der Waals surface area contributed by atoms with Crippen molar-refractivity contribution >= 4 is 11.3 Å². The molecule has 0 amide bonds. The summed E-state index contributed by atoms with van der Waals surface area (Å²) in [7, 11) is 0. The molecule has 2 atom stereocenters. The smallest absolute Gasteiger partial charge is 0.0925 e. The van der Waals surface area contributed by atoms with Crippen LogP contribution in [0.2, 0.25) is 0 Å². The van der Waals surface area contributed by atoms with Crippen molar-refractivity contribution in [3.63, 3.8) is 0 Å². The van der Waals surface area contributed by atoms with Crippen molar-refractivity contribution in [1.29, 1.82) is 0 Å². The molecule has 1 N–H and O–H groups in total. The molecule has 4 heteroatoms. The maximum Gasteiger partial charge on any atom is 0.0925 e. The third kappa shape index (κ3) is 3.27. The van der Waals surface area contributed by atoms with Gasteiger partial charge in [0.15, 0.2) is 0 Å². The highest BCUT2D eigenvalue weighted by atomic mass is 32.1. The number of aliphatic hydroxyl groups is 1. The number of aliphatic hydroxyl groups excluding tert-OH is 1. The zero-order valence-electron chi connectivity index (χ0n) is 10.7. The lowest BCUT2D eigenvalue weighted by Crippen LogP contribution is -2.40. The monoisotopic (exact) mass is 254 g/mol. The number of rotatable bonds is 4. The molecule has 1 saturated heterocycles. The second kappa shape index (κ2) is 5.94. The number of piperidine rings is 1. The van der Waals surface area contributed by atoms with Gasteiger partial charge in [-0.3, -0.25) is 4.90 Å². The minimum Gasteiger partial charge on any atom is -0.396 e. The Morgan fingerprint density at radius 2 is 2.41 bits per heavy atom. The fourth-order valence-corrected chi connectivity index (χ4v) is 3.39. The quantitative estimate of drug-likeness (QED) is 0.895. The Morgan fingerprint density at radius 3 is 3.00 bits per heavy atom. The molecular weight excluding hydrogens is 232 g/mol. The molecule has 0 saturated carbocycles. The summed E-state index contributed by atoms with van der Waals surface area (Å²) in [5, 5.41) is 10.4. The normalized spacial score (nSPS) is 26.3. The minimum absolute atomic E-state index is 0.346. The fraction of sp³-hybridized carbons (Fsp3) is 0.769. The second-order valence-electron chi connectivity index (χ2n) is 4.97. The van der Waals surface area contributed by atoms with E-state index in [0.717, 1.165) is 32.4 Å². The molecule has 1 aliphatic heterocycles. The van der Waals surface area contributed by atoms with E-state index in [-0.39, 0.29) is 0 Å². The van der Waals surface area contributed by atoms with Gasteiger partial charge >= 0.3 is 0 Å². The zero-order chi connectivity index (χ0) is 12.3. The number of likely N-dealkylation sites (tertiary alicyclic amines) is 1. The van der Waals surface area contributed by atoms with Crippen LogP contribution in [0.15, 0.2) is 6.20 Å². The summed E-state index contributed by atoms with van der Waals surface area (Å²) < 4.78 is 0. The molecule has 2 heterocycles. The zero-order valence-corrected chi connectivity index (χ0v) is 11.5. The molecule has 0 aromatic carbocycles. The Labute approximate surface area is 107 Å². The highest BCUT2D eigenvalue weighted by Gasteiger charge is 2.25. The molecule has 0 unspecified atom stereocenters. The van der Waals surface area contributed by atoms with Crippen LogP contribution in [0.5, 0.6) is 0 Å². The highest BCUT2D eigenvalue weighted by Crippen LogP contribution is 2.25. The summed E-state index contributed by atoms with van der Waals surface area (Å²) in [5.41, 5.74) is 0. The summed E-state index contributed by atoms with van der Waals surface area (Å²) >= 11 is 1.83. The molecule has 0 aliphatic carbocycles. The predicted octanol–water partition coefficient (Wildman–Crippen LogP) is 2.30. The van der Waals surface area contributed by atoms with E-state index >= 15 is 0 Å². The maximum atomic E-state index is 9.19. The third-order valence-electron chi connectivity index (χ3n) is 3.64. The van der Waals surface area contributed by atoms with Crippen molar-refractivity contribution in [2.24, 2.45) is 5.92 Å². The van der Waals surface area contributed by atoms with E-state index in [1.165, 1.54) is 9.88 Å². The van der Waals surface area contributed by atoms with Crippen LogP contribution >= 0.6 is 11.3 Å². The van der Waals surface area contributed by atoms with Crippen molar-refractivity contribution < 1.29 is 5.11 Å². The van der Waals surface area contributed by atoms with Gasteiger partial charge in [-0.2, -0.15) is 0 Å². The van der Waals surface area contributed by atoms with Crippen LogP contribution in [-0.2, 0) is 13.0 Å². The Kier molecular flexibility index (Phi) is 4.54. The fourth-order valence-electron chi connectivity index (χ4n) is 2.50. The molecule has 0 bridgehead atoms. The first-order chi connectivity index (χ1) is 8.22. The first-order valence-electron chi connectivity index (χ1n) is 6.51. The summed E-state index contributed by atoms with van der Waals surface area (Å²) in [6.45, 7) is 6.89. The lowest BCUT2D eigenvalue weighted by molar-refractivity contribution is 0.0846. The number of aromatic nitrogens is 1. The average Bonchev–Trinajstić information content (AvgIpc) is 2.79. The number of hydrogen-bond donors (Lipinski definition) is 1. The van der Waals surface area contributed by atoms with Gasteiger partial charge in [0.2, 0.25) is 0 Å². The van der Waals surface area contributed by atoms with Gasteiger partial charge in [0.05, 0.1) is 5.01 Å². The van der Waals surface area contributed by atoms with Crippen LogP contribution in [0.1, 0.15) is 36.6 Å². The maximum absolute atomic E-state index is 9.19. The summed E-state index contributed by atoms with van der Waals surface area (Å²) in [4.78, 5) is 8.29. The van der Waals surface area contributed by atoms with Crippen molar-refractivity contribution in [3.05, 3.63) is 16.1 Å². The highest BCUT2D eigenvalue weighted by molar-refractivity contribution is 7.11. The van der Waals surface area contributed by atoms with Crippen LogP contribution in [-0.4, -0.2) is 34.2 Å². The van der Waals surface area contributed by atoms with E-state index < -0.39 is 0 Å². The van der Waals surface area contributed by atoms with Crippen LogP contribution in [0.4, 0.5) is 0 Å². The van der Waals surface area contributed by atoms with Crippen LogP contribution in [0.25, 0.3) is 0 Å². The van der Waals surface area contributed by atoms with Gasteiger partial charge in [-0.05, 0) is 38.6 Å². The predicted molar refractivity (Wildman–Crippen MR) is 71.2 cm³/mol. The lowest BCUT2D eigenvalue weighted by Gasteiger charge is -2.36. The number of aryl methyl sites for hydroxylation is 1. The van der Waals surface area contributed by atoms with Crippen molar-refractivity contribution in [1.82, 2.24) is 9.88 Å². The van der Waals surface area contributed by atoms with Gasteiger partial charge < -0.3 is 5.11 Å². The molecule has 1 fully saturated rings. The van der Waals surface area contributed by atoms with Crippen LogP contribution < -0.4 is 0 Å². The van der Waals surface area contributed by atoms with Crippen molar-refractivity contribution in [3.8, 4) is 0 Å².